The lowest BCUT2D eigenvalue weighted by Gasteiger charge is -2.26. The van der Waals surface area contributed by atoms with Gasteiger partial charge in [0.25, 0.3) is 0 Å². The summed E-state index contributed by atoms with van der Waals surface area (Å²) in [6, 6.07) is 5.31. The standard InChI is InChI=1S/C14H18BrNO3/c1-18-12-6-5-10(15)9-11(12)13(14(17)19-2)16-7-3-4-8-16/h5-6,9,13H,3-4,7-8H2,1-2H3. The zero-order chi connectivity index (χ0) is 13.8. The number of carbonyl (C=O) groups excluding carboxylic acids is 1. The fourth-order valence-corrected chi connectivity index (χ4v) is 2.88. The summed E-state index contributed by atoms with van der Waals surface area (Å²) in [4.78, 5) is 14.3. The van der Waals surface area contributed by atoms with Crippen molar-refractivity contribution in [1.82, 2.24) is 4.90 Å². The van der Waals surface area contributed by atoms with Gasteiger partial charge in [0.15, 0.2) is 0 Å². The summed E-state index contributed by atoms with van der Waals surface area (Å²) >= 11 is 3.45. The molecule has 0 bridgehead atoms. The summed E-state index contributed by atoms with van der Waals surface area (Å²) in [5.41, 5.74) is 0.852. The van der Waals surface area contributed by atoms with Gasteiger partial charge in [0.05, 0.1) is 14.2 Å². The molecule has 19 heavy (non-hydrogen) atoms. The van der Waals surface area contributed by atoms with Crippen molar-refractivity contribution in [2.24, 2.45) is 0 Å². The molecule has 0 radical (unpaired) electrons. The van der Waals surface area contributed by atoms with E-state index in [1.165, 1.54) is 7.11 Å². The second-order valence-electron chi connectivity index (χ2n) is 4.56. The maximum atomic E-state index is 12.1. The number of nitrogens with zero attached hydrogens (tertiary/aromatic N) is 1. The second-order valence-corrected chi connectivity index (χ2v) is 5.47. The van der Waals surface area contributed by atoms with Crippen molar-refractivity contribution in [1.29, 1.82) is 0 Å². The number of methoxy groups -OCH3 is 2. The van der Waals surface area contributed by atoms with Crippen LogP contribution in [0, 0.1) is 0 Å². The Bertz CT molecular complexity index is 458. The third-order valence-corrected chi connectivity index (χ3v) is 3.91. The first kappa shape index (κ1) is 14.3. The highest BCUT2D eigenvalue weighted by Gasteiger charge is 2.32. The third kappa shape index (κ3) is 3.09. The molecular formula is C14H18BrNO3. The van der Waals surface area contributed by atoms with E-state index in [0.717, 1.165) is 36.0 Å². The van der Waals surface area contributed by atoms with Crippen molar-refractivity contribution in [3.05, 3.63) is 28.2 Å². The second kappa shape index (κ2) is 6.39. The molecule has 0 spiro atoms. The molecule has 1 saturated heterocycles. The van der Waals surface area contributed by atoms with Crippen molar-refractivity contribution in [2.75, 3.05) is 27.3 Å². The summed E-state index contributed by atoms with van der Waals surface area (Å²) in [6.45, 7) is 1.82. The van der Waals surface area contributed by atoms with Crippen LogP contribution in [0.15, 0.2) is 22.7 Å². The van der Waals surface area contributed by atoms with Crippen molar-refractivity contribution >= 4 is 21.9 Å². The number of esters is 1. The number of ether oxygens (including phenoxy) is 2. The average Bonchev–Trinajstić information content (AvgIpc) is 2.93. The minimum Gasteiger partial charge on any atom is -0.496 e. The molecule has 1 heterocycles. The van der Waals surface area contributed by atoms with Gasteiger partial charge in [-0.05, 0) is 44.1 Å². The molecule has 1 aromatic rings. The maximum Gasteiger partial charge on any atom is 0.327 e. The third-order valence-electron chi connectivity index (χ3n) is 3.42. The predicted octanol–water partition coefficient (Wildman–Crippen LogP) is 2.77. The number of rotatable bonds is 4. The zero-order valence-electron chi connectivity index (χ0n) is 11.2. The van der Waals surface area contributed by atoms with Crippen LogP contribution >= 0.6 is 15.9 Å². The predicted molar refractivity (Wildman–Crippen MR) is 76.3 cm³/mol. The van der Waals surface area contributed by atoms with Crippen LogP contribution in [0.5, 0.6) is 5.75 Å². The van der Waals surface area contributed by atoms with Gasteiger partial charge in [-0.3, -0.25) is 4.90 Å². The molecule has 4 nitrogen and oxygen atoms in total. The Balaban J connectivity index is 2.41. The first-order valence-electron chi connectivity index (χ1n) is 6.32. The molecule has 1 unspecified atom stereocenters. The van der Waals surface area contributed by atoms with E-state index in [1.807, 2.05) is 18.2 Å². The lowest BCUT2D eigenvalue weighted by Crippen LogP contribution is -2.33. The summed E-state index contributed by atoms with van der Waals surface area (Å²) < 4.78 is 11.3. The van der Waals surface area contributed by atoms with E-state index < -0.39 is 0 Å². The monoisotopic (exact) mass is 327 g/mol. The van der Waals surface area contributed by atoms with E-state index in [4.69, 9.17) is 9.47 Å². The van der Waals surface area contributed by atoms with Gasteiger partial charge in [0.2, 0.25) is 0 Å². The normalized spacial score (nSPS) is 17.2. The van der Waals surface area contributed by atoms with Crippen molar-refractivity contribution < 1.29 is 14.3 Å². The molecule has 1 fully saturated rings. The highest BCUT2D eigenvalue weighted by molar-refractivity contribution is 9.10. The highest BCUT2D eigenvalue weighted by Crippen LogP contribution is 2.34. The van der Waals surface area contributed by atoms with Crippen molar-refractivity contribution in [3.8, 4) is 5.75 Å². The van der Waals surface area contributed by atoms with Gasteiger partial charge in [0, 0.05) is 10.0 Å². The summed E-state index contributed by atoms with van der Waals surface area (Å²) in [5, 5.41) is 0. The van der Waals surface area contributed by atoms with Crippen molar-refractivity contribution in [2.45, 2.75) is 18.9 Å². The van der Waals surface area contributed by atoms with Gasteiger partial charge in [-0.2, -0.15) is 0 Å². The molecule has 0 aromatic heterocycles. The van der Waals surface area contributed by atoms with Crippen molar-refractivity contribution in [3.63, 3.8) is 0 Å². The highest BCUT2D eigenvalue weighted by atomic mass is 79.9. The molecule has 104 valence electrons. The van der Waals surface area contributed by atoms with Crippen LogP contribution in [0.4, 0.5) is 0 Å². The van der Waals surface area contributed by atoms with E-state index in [0.29, 0.717) is 5.75 Å². The quantitative estimate of drug-likeness (QED) is 0.797. The first-order chi connectivity index (χ1) is 9.17. The molecule has 2 rings (SSSR count). The average molecular weight is 328 g/mol. The topological polar surface area (TPSA) is 38.8 Å². The van der Waals surface area contributed by atoms with E-state index >= 15 is 0 Å². The van der Waals surface area contributed by atoms with Gasteiger partial charge >= 0.3 is 5.97 Å². The van der Waals surface area contributed by atoms with Crippen LogP contribution in [0.2, 0.25) is 0 Å². The molecule has 0 amide bonds. The Hall–Kier alpha value is -1.07. The zero-order valence-corrected chi connectivity index (χ0v) is 12.8. The molecule has 1 aliphatic heterocycles. The number of hydrogen-bond donors (Lipinski definition) is 0. The Kier molecular flexibility index (Phi) is 4.82. The number of hydrogen-bond acceptors (Lipinski definition) is 4. The summed E-state index contributed by atoms with van der Waals surface area (Å²) in [6.07, 6.45) is 2.23. The largest absolute Gasteiger partial charge is 0.496 e. The van der Waals surface area contributed by atoms with Crippen LogP contribution in [-0.2, 0) is 9.53 Å². The molecule has 0 saturated carbocycles. The number of benzene rings is 1. The van der Waals surface area contributed by atoms with Gasteiger partial charge in [-0.25, -0.2) is 4.79 Å². The Morgan fingerprint density at radius 2 is 2.00 bits per heavy atom. The maximum absolute atomic E-state index is 12.1. The van der Waals surface area contributed by atoms with Gasteiger partial charge in [-0.1, -0.05) is 15.9 Å². The van der Waals surface area contributed by atoms with Crippen LogP contribution in [-0.4, -0.2) is 38.2 Å². The number of halogens is 1. The molecular weight excluding hydrogens is 310 g/mol. The summed E-state index contributed by atoms with van der Waals surface area (Å²) in [7, 11) is 3.04. The lowest BCUT2D eigenvalue weighted by molar-refractivity contribution is -0.147. The molecule has 1 aromatic carbocycles. The van der Waals surface area contributed by atoms with Crippen LogP contribution in [0.1, 0.15) is 24.4 Å². The smallest absolute Gasteiger partial charge is 0.327 e. The van der Waals surface area contributed by atoms with Gasteiger partial charge < -0.3 is 9.47 Å². The Labute approximate surface area is 121 Å². The van der Waals surface area contributed by atoms with Crippen LogP contribution in [0.25, 0.3) is 0 Å². The van der Waals surface area contributed by atoms with Crippen LogP contribution in [0.3, 0.4) is 0 Å². The fraction of sp³-hybridized carbons (Fsp3) is 0.500. The number of carbonyl (C=O) groups is 1. The Morgan fingerprint density at radius 3 is 2.58 bits per heavy atom. The molecule has 1 aliphatic rings. The van der Waals surface area contributed by atoms with E-state index in [9.17, 15) is 4.79 Å². The molecule has 1 atom stereocenters. The van der Waals surface area contributed by atoms with Crippen LogP contribution < -0.4 is 4.74 Å². The fourth-order valence-electron chi connectivity index (χ4n) is 2.50. The van der Waals surface area contributed by atoms with E-state index in [1.54, 1.807) is 7.11 Å². The Morgan fingerprint density at radius 1 is 1.32 bits per heavy atom. The van der Waals surface area contributed by atoms with Gasteiger partial charge in [-0.15, -0.1) is 0 Å². The number of likely N-dealkylation sites (tertiary alicyclic amines) is 1. The molecule has 0 aliphatic carbocycles. The first-order valence-corrected chi connectivity index (χ1v) is 7.12. The lowest BCUT2D eigenvalue weighted by atomic mass is 10.0. The minimum atomic E-state index is -0.389. The summed E-state index contributed by atoms with van der Waals surface area (Å²) in [5.74, 6) is 0.476. The molecule has 5 heteroatoms. The SMILES string of the molecule is COC(=O)C(c1cc(Br)ccc1OC)N1CCCC1. The van der Waals surface area contributed by atoms with E-state index in [2.05, 4.69) is 20.8 Å². The van der Waals surface area contributed by atoms with E-state index in [-0.39, 0.29) is 12.0 Å². The van der Waals surface area contributed by atoms with Gasteiger partial charge in [0.1, 0.15) is 11.8 Å². The minimum absolute atomic E-state index is 0.238. The molecule has 0 N–H and O–H groups in total.